The first kappa shape index (κ1) is 13.1. The number of halogens is 3. The molecule has 4 heteroatoms. The molecular weight excluding hydrogens is 241 g/mol. The first-order chi connectivity index (χ1) is 8.38. The van der Waals surface area contributed by atoms with Crippen LogP contribution in [-0.2, 0) is 11.0 Å². The maximum atomic E-state index is 12.4. The Labute approximate surface area is 104 Å². The van der Waals surface area contributed by atoms with Crippen LogP contribution in [0.4, 0.5) is 13.2 Å². The lowest BCUT2D eigenvalue weighted by atomic mass is 9.78. The minimum Gasteiger partial charge on any atom is -0.299 e. The van der Waals surface area contributed by atoms with Crippen molar-refractivity contribution in [2.45, 2.75) is 38.3 Å². The SMILES string of the molecule is CC1CCC(c2ccc(C(F)(F)F)cc2)C(=O)C1. The molecule has 18 heavy (non-hydrogen) atoms. The van der Waals surface area contributed by atoms with E-state index in [9.17, 15) is 18.0 Å². The van der Waals surface area contributed by atoms with Gasteiger partial charge in [-0.15, -0.1) is 0 Å². The second-order valence-corrected chi connectivity index (χ2v) is 5.03. The summed E-state index contributed by atoms with van der Waals surface area (Å²) in [5.41, 5.74) is 0.0442. The Morgan fingerprint density at radius 1 is 1.11 bits per heavy atom. The molecule has 2 unspecified atom stereocenters. The fourth-order valence-electron chi connectivity index (χ4n) is 2.46. The van der Waals surface area contributed by atoms with Gasteiger partial charge >= 0.3 is 6.18 Å². The van der Waals surface area contributed by atoms with E-state index in [2.05, 4.69) is 0 Å². The number of hydrogen-bond acceptors (Lipinski definition) is 1. The van der Waals surface area contributed by atoms with Gasteiger partial charge in [0, 0.05) is 12.3 Å². The molecule has 1 aliphatic carbocycles. The van der Waals surface area contributed by atoms with Gasteiger partial charge in [0.05, 0.1) is 5.56 Å². The summed E-state index contributed by atoms with van der Waals surface area (Å²) in [6.45, 7) is 2.03. The van der Waals surface area contributed by atoms with Crippen molar-refractivity contribution in [1.29, 1.82) is 0 Å². The number of hydrogen-bond donors (Lipinski definition) is 0. The number of alkyl halides is 3. The smallest absolute Gasteiger partial charge is 0.299 e. The molecule has 0 amide bonds. The third-order valence-electron chi connectivity index (χ3n) is 3.53. The Morgan fingerprint density at radius 2 is 1.72 bits per heavy atom. The minimum absolute atomic E-state index is 0.147. The van der Waals surface area contributed by atoms with Crippen LogP contribution in [0.3, 0.4) is 0 Å². The van der Waals surface area contributed by atoms with Gasteiger partial charge in [-0.3, -0.25) is 4.79 Å². The normalized spacial score (nSPS) is 25.2. The third-order valence-corrected chi connectivity index (χ3v) is 3.53. The topological polar surface area (TPSA) is 17.1 Å². The van der Waals surface area contributed by atoms with Gasteiger partial charge in [-0.05, 0) is 36.5 Å². The first-order valence-corrected chi connectivity index (χ1v) is 6.08. The van der Waals surface area contributed by atoms with Gasteiger partial charge < -0.3 is 0 Å². The monoisotopic (exact) mass is 256 g/mol. The predicted octanol–water partition coefficient (Wildman–Crippen LogP) is 4.18. The molecule has 0 aliphatic heterocycles. The van der Waals surface area contributed by atoms with E-state index >= 15 is 0 Å². The summed E-state index contributed by atoms with van der Waals surface area (Å²) in [7, 11) is 0. The van der Waals surface area contributed by atoms with Crippen molar-refractivity contribution in [2.24, 2.45) is 5.92 Å². The van der Waals surface area contributed by atoms with Crippen molar-refractivity contribution >= 4 is 5.78 Å². The van der Waals surface area contributed by atoms with Gasteiger partial charge in [0.1, 0.15) is 5.78 Å². The summed E-state index contributed by atoms with van der Waals surface area (Å²) in [6, 6.07) is 4.98. The van der Waals surface area contributed by atoms with Crippen LogP contribution in [0.1, 0.15) is 43.2 Å². The van der Waals surface area contributed by atoms with Gasteiger partial charge in [0.2, 0.25) is 0 Å². The van der Waals surface area contributed by atoms with E-state index in [-0.39, 0.29) is 11.7 Å². The average Bonchev–Trinajstić information content (AvgIpc) is 2.28. The summed E-state index contributed by atoms with van der Waals surface area (Å²) >= 11 is 0. The zero-order valence-electron chi connectivity index (χ0n) is 10.1. The zero-order valence-corrected chi connectivity index (χ0v) is 10.1. The van der Waals surface area contributed by atoms with E-state index in [1.807, 2.05) is 6.92 Å². The molecular formula is C14H15F3O. The van der Waals surface area contributed by atoms with E-state index in [1.165, 1.54) is 12.1 Å². The van der Waals surface area contributed by atoms with Crippen LogP contribution in [-0.4, -0.2) is 5.78 Å². The summed E-state index contributed by atoms with van der Waals surface area (Å²) in [5, 5.41) is 0. The summed E-state index contributed by atoms with van der Waals surface area (Å²) < 4.78 is 37.3. The molecule has 1 aromatic carbocycles. The highest BCUT2D eigenvalue weighted by atomic mass is 19.4. The van der Waals surface area contributed by atoms with Crippen LogP contribution in [0.25, 0.3) is 0 Å². The Morgan fingerprint density at radius 3 is 2.22 bits per heavy atom. The number of carbonyl (C=O) groups excluding carboxylic acids is 1. The molecule has 0 bridgehead atoms. The molecule has 2 atom stereocenters. The fourth-order valence-corrected chi connectivity index (χ4v) is 2.46. The maximum absolute atomic E-state index is 12.4. The van der Waals surface area contributed by atoms with Crippen molar-refractivity contribution in [2.75, 3.05) is 0 Å². The van der Waals surface area contributed by atoms with Crippen LogP contribution in [0, 0.1) is 5.92 Å². The standard InChI is InChI=1S/C14H15F3O/c1-9-2-7-12(13(18)8-9)10-3-5-11(6-4-10)14(15,16)17/h3-6,9,12H,2,7-8H2,1H3. The molecule has 1 aliphatic rings. The molecule has 1 saturated carbocycles. The van der Waals surface area contributed by atoms with Gasteiger partial charge in [-0.25, -0.2) is 0 Å². The summed E-state index contributed by atoms with van der Waals surface area (Å²) in [6.07, 6.45) is -2.09. The van der Waals surface area contributed by atoms with Gasteiger partial charge in [0.15, 0.2) is 0 Å². The highest BCUT2D eigenvalue weighted by molar-refractivity contribution is 5.86. The molecule has 1 aromatic rings. The third kappa shape index (κ3) is 2.74. The van der Waals surface area contributed by atoms with Gasteiger partial charge in [0.25, 0.3) is 0 Å². The molecule has 2 rings (SSSR count). The number of Topliss-reactive ketones (excluding diaryl/α,β-unsaturated/α-hetero) is 1. The van der Waals surface area contributed by atoms with Crippen LogP contribution < -0.4 is 0 Å². The zero-order chi connectivity index (χ0) is 13.3. The lowest BCUT2D eigenvalue weighted by Crippen LogP contribution is -2.22. The van der Waals surface area contributed by atoms with Crippen LogP contribution in [0.5, 0.6) is 0 Å². The minimum atomic E-state index is -4.32. The van der Waals surface area contributed by atoms with Gasteiger partial charge in [-0.2, -0.15) is 13.2 Å². The predicted molar refractivity (Wildman–Crippen MR) is 62.2 cm³/mol. The fraction of sp³-hybridized carbons (Fsp3) is 0.500. The van der Waals surface area contributed by atoms with Crippen molar-refractivity contribution in [3.63, 3.8) is 0 Å². The molecule has 0 saturated heterocycles. The highest BCUT2D eigenvalue weighted by Crippen LogP contribution is 2.35. The number of benzene rings is 1. The Bertz CT molecular complexity index is 433. The number of carbonyl (C=O) groups is 1. The molecule has 1 fully saturated rings. The van der Waals surface area contributed by atoms with Crippen LogP contribution in [0.15, 0.2) is 24.3 Å². The highest BCUT2D eigenvalue weighted by Gasteiger charge is 2.31. The maximum Gasteiger partial charge on any atom is 0.416 e. The quantitative estimate of drug-likeness (QED) is 0.736. The van der Waals surface area contributed by atoms with E-state index < -0.39 is 11.7 Å². The lowest BCUT2D eigenvalue weighted by molar-refractivity contribution is -0.137. The van der Waals surface area contributed by atoms with Crippen LogP contribution >= 0.6 is 0 Å². The molecule has 0 heterocycles. The van der Waals surface area contributed by atoms with E-state index in [0.717, 1.165) is 25.0 Å². The van der Waals surface area contributed by atoms with Crippen molar-refractivity contribution in [3.8, 4) is 0 Å². The van der Waals surface area contributed by atoms with Crippen LogP contribution in [0.2, 0.25) is 0 Å². The largest absolute Gasteiger partial charge is 0.416 e. The molecule has 98 valence electrons. The van der Waals surface area contributed by atoms with Crippen molar-refractivity contribution < 1.29 is 18.0 Å². The second-order valence-electron chi connectivity index (χ2n) is 5.03. The van der Waals surface area contributed by atoms with Gasteiger partial charge in [-0.1, -0.05) is 19.1 Å². The Balaban J connectivity index is 2.17. The Hall–Kier alpha value is -1.32. The van der Waals surface area contributed by atoms with E-state index in [4.69, 9.17) is 0 Å². The molecule has 0 aromatic heterocycles. The Kier molecular flexibility index (Phi) is 3.46. The molecule has 1 nitrogen and oxygen atoms in total. The van der Waals surface area contributed by atoms with E-state index in [0.29, 0.717) is 17.9 Å². The average molecular weight is 256 g/mol. The van der Waals surface area contributed by atoms with Crippen molar-refractivity contribution in [1.82, 2.24) is 0 Å². The first-order valence-electron chi connectivity index (χ1n) is 6.08. The summed E-state index contributed by atoms with van der Waals surface area (Å²) in [4.78, 5) is 11.9. The molecule has 0 N–H and O–H groups in total. The molecule has 0 spiro atoms. The second kappa shape index (κ2) is 4.75. The molecule has 0 radical (unpaired) electrons. The summed E-state index contributed by atoms with van der Waals surface area (Å²) in [5.74, 6) is 0.320. The van der Waals surface area contributed by atoms with Crippen molar-refractivity contribution in [3.05, 3.63) is 35.4 Å². The number of ketones is 1. The van der Waals surface area contributed by atoms with E-state index in [1.54, 1.807) is 0 Å². The number of rotatable bonds is 1. The lowest BCUT2D eigenvalue weighted by Gasteiger charge is -2.25.